The number of hydrogen-bond acceptors (Lipinski definition) is 6. The summed E-state index contributed by atoms with van der Waals surface area (Å²) < 4.78 is 17.7. The van der Waals surface area contributed by atoms with Crippen molar-refractivity contribution in [1.29, 1.82) is 0 Å². The van der Waals surface area contributed by atoms with E-state index in [9.17, 15) is 4.79 Å². The van der Waals surface area contributed by atoms with Crippen LogP contribution < -0.4 is 20.1 Å². The molecule has 0 radical (unpaired) electrons. The van der Waals surface area contributed by atoms with Crippen molar-refractivity contribution in [3.8, 4) is 22.9 Å². The molecule has 1 aliphatic carbocycles. The number of ether oxygens (including phenoxy) is 3. The van der Waals surface area contributed by atoms with Crippen molar-refractivity contribution in [1.82, 2.24) is 10.3 Å². The molecule has 1 heterocycles. The number of pyridine rings is 1. The monoisotopic (exact) mass is 593 g/mol. The minimum Gasteiger partial charge on any atom is -0.473 e. The van der Waals surface area contributed by atoms with E-state index >= 15 is 0 Å². The van der Waals surface area contributed by atoms with E-state index in [4.69, 9.17) is 19.2 Å². The Morgan fingerprint density at radius 2 is 1.45 bits per heavy atom. The van der Waals surface area contributed by atoms with Crippen LogP contribution in [0.3, 0.4) is 0 Å². The lowest BCUT2D eigenvalue weighted by atomic mass is 9.86. The molecule has 3 aromatic carbocycles. The normalized spacial score (nSPS) is 16.5. The number of carbonyl (C=O) groups is 1. The maximum Gasteiger partial charge on any atom is 0.407 e. The minimum atomic E-state index is -0.483. The molecule has 230 valence electrons. The molecule has 0 saturated heterocycles. The summed E-state index contributed by atoms with van der Waals surface area (Å²) in [5.74, 6) is 1.52. The van der Waals surface area contributed by atoms with Gasteiger partial charge in [-0.05, 0) is 87.3 Å². The number of rotatable bonds is 11. The van der Waals surface area contributed by atoms with Gasteiger partial charge in [0, 0.05) is 29.9 Å². The van der Waals surface area contributed by atoms with Crippen molar-refractivity contribution in [3.05, 3.63) is 108 Å². The molecule has 7 heteroatoms. The van der Waals surface area contributed by atoms with Gasteiger partial charge in [0.2, 0.25) is 11.8 Å². The van der Waals surface area contributed by atoms with Crippen LogP contribution in [-0.2, 0) is 18.0 Å². The van der Waals surface area contributed by atoms with Gasteiger partial charge in [-0.3, -0.25) is 0 Å². The Labute approximate surface area is 261 Å². The molecule has 2 N–H and O–H groups in total. The van der Waals surface area contributed by atoms with Gasteiger partial charge in [0.1, 0.15) is 18.8 Å². The highest BCUT2D eigenvalue weighted by Gasteiger charge is 2.23. The predicted octanol–water partition coefficient (Wildman–Crippen LogP) is 8.40. The molecule has 1 aromatic heterocycles. The Hall–Kier alpha value is -4.52. The van der Waals surface area contributed by atoms with Gasteiger partial charge in [-0.25, -0.2) is 4.79 Å². The molecule has 1 amide bonds. The molecule has 4 aromatic rings. The van der Waals surface area contributed by atoms with E-state index in [1.807, 2.05) is 93.6 Å². The Morgan fingerprint density at radius 1 is 0.795 bits per heavy atom. The summed E-state index contributed by atoms with van der Waals surface area (Å²) in [7, 11) is 0. The van der Waals surface area contributed by atoms with Crippen LogP contribution >= 0.6 is 0 Å². The third-order valence-electron chi connectivity index (χ3n) is 7.61. The number of amides is 1. The van der Waals surface area contributed by atoms with E-state index in [1.165, 1.54) is 0 Å². The fraction of sp³-hybridized carbons (Fsp3) is 0.351. The number of aromatic nitrogens is 1. The molecule has 0 unspecified atom stereocenters. The fourth-order valence-corrected chi connectivity index (χ4v) is 5.36. The van der Waals surface area contributed by atoms with Crippen LogP contribution in [0.25, 0.3) is 11.1 Å². The lowest BCUT2D eigenvalue weighted by Gasteiger charge is -2.30. The Balaban J connectivity index is 1.23. The third-order valence-corrected chi connectivity index (χ3v) is 7.61. The Morgan fingerprint density at radius 3 is 2.11 bits per heavy atom. The lowest BCUT2D eigenvalue weighted by molar-refractivity contribution is 0.0515. The molecule has 0 aliphatic heterocycles. The van der Waals surface area contributed by atoms with Crippen LogP contribution in [0.4, 0.5) is 10.5 Å². The van der Waals surface area contributed by atoms with Crippen molar-refractivity contribution in [2.45, 2.75) is 71.3 Å². The second-order valence-corrected chi connectivity index (χ2v) is 12.4. The minimum absolute atomic E-state index is 0.341. The van der Waals surface area contributed by atoms with E-state index in [1.54, 1.807) is 0 Å². The molecule has 44 heavy (non-hydrogen) atoms. The van der Waals surface area contributed by atoms with E-state index in [0.29, 0.717) is 43.5 Å². The maximum absolute atomic E-state index is 12.0. The van der Waals surface area contributed by atoms with Crippen LogP contribution in [0.5, 0.6) is 11.8 Å². The van der Waals surface area contributed by atoms with Gasteiger partial charge < -0.3 is 24.8 Å². The number of carbonyl (C=O) groups excluding carboxylic acids is 1. The van der Waals surface area contributed by atoms with Crippen LogP contribution in [0, 0.1) is 5.92 Å². The summed E-state index contributed by atoms with van der Waals surface area (Å²) in [5, 5.41) is 6.67. The van der Waals surface area contributed by atoms with Crippen molar-refractivity contribution in [2.24, 2.45) is 5.92 Å². The molecular weight excluding hydrogens is 550 g/mol. The maximum atomic E-state index is 12.0. The van der Waals surface area contributed by atoms with E-state index in [-0.39, 0.29) is 6.09 Å². The predicted molar refractivity (Wildman–Crippen MR) is 175 cm³/mol. The van der Waals surface area contributed by atoms with Gasteiger partial charge in [-0.15, -0.1) is 0 Å². The van der Waals surface area contributed by atoms with E-state index < -0.39 is 5.60 Å². The first-order chi connectivity index (χ1) is 21.3. The largest absolute Gasteiger partial charge is 0.473 e. The molecular formula is C37H43N3O4. The van der Waals surface area contributed by atoms with Crippen molar-refractivity contribution in [2.75, 3.05) is 11.9 Å². The lowest BCUT2D eigenvalue weighted by Crippen LogP contribution is -2.37. The fourth-order valence-electron chi connectivity index (χ4n) is 5.36. The first-order valence-corrected chi connectivity index (χ1v) is 15.5. The standard InChI is InChI=1S/C37H43N3O4/c1-37(2,3)44-36(41)38-24-27-17-19-31(20-18-27)39-32-16-10-15-30(23-32)33-21-22-34(42-25-28-11-6-4-7-12-28)40-35(33)43-26-29-13-8-5-9-14-29/h4-16,21-23,27,31,39H,17-20,24-26H2,1-3H3,(H,38,41). The first kappa shape index (κ1) is 30.9. The smallest absolute Gasteiger partial charge is 0.407 e. The summed E-state index contributed by atoms with van der Waals surface area (Å²) >= 11 is 0. The summed E-state index contributed by atoms with van der Waals surface area (Å²) in [6.45, 7) is 7.14. The van der Waals surface area contributed by atoms with Crippen LogP contribution in [-0.4, -0.2) is 29.3 Å². The molecule has 0 bridgehead atoms. The SMILES string of the molecule is CC(C)(C)OC(=O)NCC1CCC(Nc2cccc(-c3ccc(OCc4ccccc4)nc3OCc3ccccc3)c2)CC1. The summed E-state index contributed by atoms with van der Waals surface area (Å²) in [6.07, 6.45) is 3.86. The van der Waals surface area contributed by atoms with Gasteiger partial charge in [0.15, 0.2) is 0 Å². The number of hydrogen-bond donors (Lipinski definition) is 2. The van der Waals surface area contributed by atoms with Gasteiger partial charge >= 0.3 is 6.09 Å². The van der Waals surface area contributed by atoms with Crippen LogP contribution in [0.2, 0.25) is 0 Å². The van der Waals surface area contributed by atoms with Gasteiger partial charge in [0.25, 0.3) is 0 Å². The quantitative estimate of drug-likeness (QED) is 0.182. The van der Waals surface area contributed by atoms with Gasteiger partial charge in [-0.2, -0.15) is 4.98 Å². The second kappa shape index (κ2) is 14.8. The highest BCUT2D eigenvalue weighted by atomic mass is 16.6. The number of anilines is 1. The van der Waals surface area contributed by atoms with Crippen molar-refractivity contribution in [3.63, 3.8) is 0 Å². The highest BCUT2D eigenvalue weighted by molar-refractivity contribution is 5.72. The molecule has 0 atom stereocenters. The average molecular weight is 594 g/mol. The zero-order valence-electron chi connectivity index (χ0n) is 25.9. The van der Waals surface area contributed by atoms with E-state index in [0.717, 1.165) is 53.6 Å². The van der Waals surface area contributed by atoms with Crippen LogP contribution in [0.1, 0.15) is 57.6 Å². The Kier molecular flexibility index (Phi) is 10.4. The summed E-state index contributed by atoms with van der Waals surface area (Å²) in [5.41, 5.74) is 4.67. The average Bonchev–Trinajstić information content (AvgIpc) is 3.03. The zero-order chi connectivity index (χ0) is 30.8. The Bertz CT molecular complexity index is 1480. The highest BCUT2D eigenvalue weighted by Crippen LogP contribution is 2.34. The molecule has 1 fully saturated rings. The van der Waals surface area contributed by atoms with Gasteiger partial charge in [-0.1, -0.05) is 72.8 Å². The number of alkyl carbamates (subject to hydrolysis) is 1. The molecule has 1 saturated carbocycles. The molecule has 1 aliphatic rings. The second-order valence-electron chi connectivity index (χ2n) is 12.4. The summed E-state index contributed by atoms with van der Waals surface area (Å²) in [6, 6.07) is 32.9. The number of nitrogens with zero attached hydrogens (tertiary/aromatic N) is 1. The zero-order valence-corrected chi connectivity index (χ0v) is 25.9. The van der Waals surface area contributed by atoms with Crippen molar-refractivity contribution >= 4 is 11.8 Å². The number of nitrogens with one attached hydrogen (secondary N) is 2. The van der Waals surface area contributed by atoms with Crippen molar-refractivity contribution < 1.29 is 19.0 Å². The number of benzene rings is 3. The third kappa shape index (κ3) is 9.49. The molecule has 5 rings (SSSR count). The molecule has 7 nitrogen and oxygen atoms in total. The first-order valence-electron chi connectivity index (χ1n) is 15.5. The van der Waals surface area contributed by atoms with E-state index in [2.05, 4.69) is 34.9 Å². The molecule has 0 spiro atoms. The summed E-state index contributed by atoms with van der Waals surface area (Å²) in [4.78, 5) is 16.8. The van der Waals surface area contributed by atoms with Gasteiger partial charge in [0.05, 0.1) is 0 Å². The topological polar surface area (TPSA) is 81.7 Å². The van der Waals surface area contributed by atoms with Crippen LogP contribution in [0.15, 0.2) is 97.1 Å².